The molecular weight excluding hydrogens is 276 g/mol. The second-order valence-electron chi connectivity index (χ2n) is 5.81. The van der Waals surface area contributed by atoms with Crippen LogP contribution in [0.5, 0.6) is 0 Å². The van der Waals surface area contributed by atoms with E-state index in [2.05, 4.69) is 52.7 Å². The molecule has 2 aliphatic heterocycles. The Morgan fingerprint density at radius 2 is 1.76 bits per heavy atom. The molecule has 0 radical (unpaired) electrons. The van der Waals surface area contributed by atoms with Crippen molar-refractivity contribution in [2.24, 2.45) is 0 Å². The summed E-state index contributed by atoms with van der Waals surface area (Å²) in [4.78, 5) is 5.26. The maximum atomic E-state index is 3.65. The van der Waals surface area contributed by atoms with E-state index >= 15 is 0 Å². The highest BCUT2D eigenvalue weighted by atomic mass is 32.2. The summed E-state index contributed by atoms with van der Waals surface area (Å²) < 4.78 is 0. The quantitative estimate of drug-likeness (QED) is 0.764. The third-order valence-corrected chi connectivity index (χ3v) is 5.51. The molecule has 3 heteroatoms. The minimum absolute atomic E-state index is 1.14. The number of hydrogen-bond donors (Lipinski definition) is 1. The molecule has 2 aliphatic rings. The number of hydrogen-bond acceptors (Lipinski definition) is 3. The van der Waals surface area contributed by atoms with Crippen molar-refractivity contribution in [3.05, 3.63) is 48.0 Å². The first kappa shape index (κ1) is 13.2. The maximum Gasteiger partial charge on any atom is 0.0559 e. The average molecular weight is 296 g/mol. The number of anilines is 2. The molecule has 2 nitrogen and oxygen atoms in total. The molecule has 108 valence electrons. The summed E-state index contributed by atoms with van der Waals surface area (Å²) in [6.07, 6.45) is 3.88. The van der Waals surface area contributed by atoms with Crippen molar-refractivity contribution in [1.82, 2.24) is 4.90 Å². The van der Waals surface area contributed by atoms with Gasteiger partial charge in [0.15, 0.2) is 0 Å². The zero-order valence-corrected chi connectivity index (χ0v) is 13.0. The first-order valence-corrected chi connectivity index (χ1v) is 8.60. The Hall–Kier alpha value is -1.45. The molecule has 0 atom stereocenters. The van der Waals surface area contributed by atoms with Crippen molar-refractivity contribution in [2.75, 3.05) is 25.0 Å². The Bertz CT molecular complexity index is 647. The van der Waals surface area contributed by atoms with Gasteiger partial charge in [0.2, 0.25) is 0 Å². The Balaban J connectivity index is 1.57. The van der Waals surface area contributed by atoms with E-state index in [1.165, 1.54) is 59.2 Å². The number of fused-ring (bicyclic) bond motifs is 2. The lowest BCUT2D eigenvalue weighted by atomic mass is 10.1. The normalized spacial score (nSPS) is 17.1. The SMILES string of the molecule is c1ccc2c(c1)Nc1c(CCN3CCCC3)cccc1S2. The van der Waals surface area contributed by atoms with E-state index in [1.807, 2.05) is 11.8 Å². The molecule has 4 rings (SSSR count). The monoisotopic (exact) mass is 296 g/mol. The minimum Gasteiger partial charge on any atom is -0.353 e. The number of rotatable bonds is 3. The van der Waals surface area contributed by atoms with E-state index in [1.54, 1.807) is 0 Å². The van der Waals surface area contributed by atoms with Crippen molar-refractivity contribution in [3.63, 3.8) is 0 Å². The Labute approximate surface area is 130 Å². The van der Waals surface area contributed by atoms with Gasteiger partial charge in [0.25, 0.3) is 0 Å². The smallest absolute Gasteiger partial charge is 0.0559 e. The standard InChI is InChI=1S/C18H20N2S/c1-2-8-16-15(7-1)19-18-14(6-5-9-17(18)21-16)10-13-20-11-3-4-12-20/h1-2,5-9,19H,3-4,10-13H2. The zero-order chi connectivity index (χ0) is 14.1. The van der Waals surface area contributed by atoms with Crippen LogP contribution in [-0.2, 0) is 6.42 Å². The van der Waals surface area contributed by atoms with Gasteiger partial charge in [-0.2, -0.15) is 0 Å². The van der Waals surface area contributed by atoms with E-state index in [0.717, 1.165) is 6.42 Å². The van der Waals surface area contributed by atoms with Crippen LogP contribution in [-0.4, -0.2) is 24.5 Å². The molecule has 0 saturated carbocycles. The molecule has 0 aromatic heterocycles. The van der Waals surface area contributed by atoms with E-state index in [4.69, 9.17) is 0 Å². The number of likely N-dealkylation sites (tertiary alicyclic amines) is 1. The van der Waals surface area contributed by atoms with E-state index in [0.29, 0.717) is 0 Å². The largest absolute Gasteiger partial charge is 0.353 e. The molecule has 2 aromatic carbocycles. The highest BCUT2D eigenvalue weighted by Crippen LogP contribution is 2.45. The predicted octanol–water partition coefficient (Wildman–Crippen LogP) is 4.53. The van der Waals surface area contributed by atoms with Crippen molar-refractivity contribution < 1.29 is 0 Å². The van der Waals surface area contributed by atoms with Crippen LogP contribution in [0.2, 0.25) is 0 Å². The number of nitrogens with zero attached hydrogens (tertiary/aromatic N) is 1. The molecule has 2 heterocycles. The lowest BCUT2D eigenvalue weighted by molar-refractivity contribution is 0.343. The maximum absolute atomic E-state index is 3.65. The second-order valence-corrected chi connectivity index (χ2v) is 6.90. The molecule has 1 fully saturated rings. The first-order chi connectivity index (χ1) is 10.4. The number of nitrogens with one attached hydrogen (secondary N) is 1. The Kier molecular flexibility index (Phi) is 3.62. The predicted molar refractivity (Wildman–Crippen MR) is 89.7 cm³/mol. The van der Waals surface area contributed by atoms with Crippen LogP contribution in [0, 0.1) is 0 Å². The van der Waals surface area contributed by atoms with Gasteiger partial charge in [0.1, 0.15) is 0 Å². The van der Waals surface area contributed by atoms with Crippen LogP contribution in [0.25, 0.3) is 0 Å². The molecule has 21 heavy (non-hydrogen) atoms. The summed E-state index contributed by atoms with van der Waals surface area (Å²) in [7, 11) is 0. The molecule has 2 aromatic rings. The number of benzene rings is 2. The fraction of sp³-hybridized carbons (Fsp3) is 0.333. The van der Waals surface area contributed by atoms with Crippen LogP contribution >= 0.6 is 11.8 Å². The fourth-order valence-corrected chi connectivity index (χ4v) is 4.25. The Morgan fingerprint density at radius 1 is 0.952 bits per heavy atom. The molecule has 0 unspecified atom stereocenters. The van der Waals surface area contributed by atoms with Gasteiger partial charge in [0, 0.05) is 16.3 Å². The van der Waals surface area contributed by atoms with Crippen molar-refractivity contribution in [3.8, 4) is 0 Å². The Morgan fingerprint density at radius 3 is 2.67 bits per heavy atom. The van der Waals surface area contributed by atoms with Crippen LogP contribution in [0.1, 0.15) is 18.4 Å². The van der Waals surface area contributed by atoms with Crippen molar-refractivity contribution >= 4 is 23.1 Å². The van der Waals surface area contributed by atoms with Gasteiger partial charge in [-0.3, -0.25) is 0 Å². The highest BCUT2D eigenvalue weighted by Gasteiger charge is 2.18. The first-order valence-electron chi connectivity index (χ1n) is 7.78. The van der Waals surface area contributed by atoms with E-state index in [9.17, 15) is 0 Å². The molecule has 0 amide bonds. The summed E-state index contributed by atoms with van der Waals surface area (Å²) in [6, 6.07) is 15.3. The van der Waals surface area contributed by atoms with Crippen molar-refractivity contribution in [1.29, 1.82) is 0 Å². The van der Waals surface area contributed by atoms with Crippen LogP contribution < -0.4 is 5.32 Å². The molecule has 0 spiro atoms. The fourth-order valence-electron chi connectivity index (χ4n) is 3.21. The number of para-hydroxylation sites is 2. The minimum atomic E-state index is 1.14. The lowest BCUT2D eigenvalue weighted by Crippen LogP contribution is -2.22. The highest BCUT2D eigenvalue weighted by molar-refractivity contribution is 7.99. The third kappa shape index (κ3) is 2.68. The molecular formula is C18H20N2S. The van der Waals surface area contributed by atoms with Gasteiger partial charge in [-0.05, 0) is 56.1 Å². The second kappa shape index (κ2) is 5.74. The van der Waals surface area contributed by atoms with Gasteiger partial charge < -0.3 is 10.2 Å². The zero-order valence-electron chi connectivity index (χ0n) is 12.1. The van der Waals surface area contributed by atoms with Gasteiger partial charge >= 0.3 is 0 Å². The lowest BCUT2D eigenvalue weighted by Gasteiger charge is -2.24. The average Bonchev–Trinajstić information content (AvgIpc) is 3.04. The summed E-state index contributed by atoms with van der Waals surface area (Å²) >= 11 is 1.88. The molecule has 1 saturated heterocycles. The molecule has 0 bridgehead atoms. The molecule has 0 aliphatic carbocycles. The van der Waals surface area contributed by atoms with Gasteiger partial charge in [-0.25, -0.2) is 0 Å². The molecule has 1 N–H and O–H groups in total. The summed E-state index contributed by atoms with van der Waals surface area (Å²) in [5, 5.41) is 3.65. The summed E-state index contributed by atoms with van der Waals surface area (Å²) in [5.41, 5.74) is 4.01. The van der Waals surface area contributed by atoms with Crippen molar-refractivity contribution in [2.45, 2.75) is 29.1 Å². The topological polar surface area (TPSA) is 15.3 Å². The van der Waals surface area contributed by atoms with Crippen LogP contribution in [0.3, 0.4) is 0 Å². The van der Waals surface area contributed by atoms with Gasteiger partial charge in [0.05, 0.1) is 11.4 Å². The van der Waals surface area contributed by atoms with Gasteiger partial charge in [-0.15, -0.1) is 0 Å². The summed E-state index contributed by atoms with van der Waals surface area (Å²) in [5.74, 6) is 0. The van der Waals surface area contributed by atoms with Crippen LogP contribution in [0.15, 0.2) is 52.3 Å². The van der Waals surface area contributed by atoms with Gasteiger partial charge in [-0.1, -0.05) is 36.0 Å². The van der Waals surface area contributed by atoms with E-state index in [-0.39, 0.29) is 0 Å². The summed E-state index contributed by atoms with van der Waals surface area (Å²) in [6.45, 7) is 3.74. The van der Waals surface area contributed by atoms with E-state index < -0.39 is 0 Å². The van der Waals surface area contributed by atoms with Crippen LogP contribution in [0.4, 0.5) is 11.4 Å². The third-order valence-electron chi connectivity index (χ3n) is 4.38.